The van der Waals surface area contributed by atoms with E-state index in [1.54, 1.807) is 24.8 Å². The smallest absolute Gasteiger partial charge is 0.354 e. The van der Waals surface area contributed by atoms with Crippen LogP contribution in [0, 0.1) is 13.8 Å². The topological polar surface area (TPSA) is 118 Å². The molecule has 2 aliphatic heterocycles. The molecular weight excluding hydrogens is 462 g/mol. The summed E-state index contributed by atoms with van der Waals surface area (Å²) in [6.45, 7) is 6.17. The molecule has 34 heavy (non-hydrogen) atoms. The Morgan fingerprint density at radius 3 is 2.38 bits per heavy atom. The first-order valence-corrected chi connectivity index (χ1v) is 12.8. The molecule has 0 N–H and O–H groups in total. The van der Waals surface area contributed by atoms with Gasteiger partial charge in [-0.15, -0.1) is 0 Å². The summed E-state index contributed by atoms with van der Waals surface area (Å²) in [4.78, 5) is 28.8. The Balaban J connectivity index is 1.28. The van der Waals surface area contributed by atoms with Crippen molar-refractivity contribution in [2.45, 2.75) is 37.6 Å². The zero-order chi connectivity index (χ0) is 24.5. The lowest BCUT2D eigenvalue weighted by Crippen LogP contribution is -2.53. The molecule has 0 spiro atoms. The average Bonchev–Trinajstić information content (AvgIpc) is 3.45. The zero-order valence-corrected chi connectivity index (χ0v) is 20.6. The monoisotopic (exact) mass is 493 g/mol. The second kappa shape index (κ2) is 9.88. The number of likely N-dealkylation sites (tertiary alicyclic amines) is 1. The highest BCUT2D eigenvalue weighted by atomic mass is 32.2. The SMILES string of the molecule is COC(=O)c1cccn1C1CCN(CC(=O)N2CCN(S(=O)(=O)c3c(C)noc3C)CC2)CC1. The van der Waals surface area contributed by atoms with Gasteiger partial charge in [0, 0.05) is 51.5 Å². The van der Waals surface area contributed by atoms with Gasteiger partial charge < -0.3 is 18.7 Å². The van der Waals surface area contributed by atoms with Crippen LogP contribution in [0.2, 0.25) is 0 Å². The molecule has 2 aliphatic rings. The molecule has 0 aromatic carbocycles. The van der Waals surface area contributed by atoms with Gasteiger partial charge in [0.2, 0.25) is 15.9 Å². The molecule has 2 saturated heterocycles. The maximum atomic E-state index is 13.0. The van der Waals surface area contributed by atoms with Crippen LogP contribution in [0.3, 0.4) is 0 Å². The van der Waals surface area contributed by atoms with Gasteiger partial charge in [-0.05, 0) is 38.8 Å². The van der Waals surface area contributed by atoms with Gasteiger partial charge >= 0.3 is 5.97 Å². The van der Waals surface area contributed by atoms with Gasteiger partial charge in [0.1, 0.15) is 16.3 Å². The Kier molecular flexibility index (Phi) is 7.10. The number of esters is 1. The van der Waals surface area contributed by atoms with E-state index in [9.17, 15) is 18.0 Å². The maximum Gasteiger partial charge on any atom is 0.354 e. The molecule has 0 saturated carbocycles. The number of piperazine rings is 1. The van der Waals surface area contributed by atoms with Crippen LogP contribution in [0.25, 0.3) is 0 Å². The molecule has 0 unspecified atom stereocenters. The summed E-state index contributed by atoms with van der Waals surface area (Å²) >= 11 is 0. The molecule has 4 heterocycles. The van der Waals surface area contributed by atoms with Crippen LogP contribution >= 0.6 is 0 Å². The number of rotatable bonds is 6. The van der Waals surface area contributed by atoms with E-state index in [4.69, 9.17) is 9.26 Å². The highest BCUT2D eigenvalue weighted by molar-refractivity contribution is 7.89. The highest BCUT2D eigenvalue weighted by Gasteiger charge is 2.34. The minimum absolute atomic E-state index is 0.00375. The number of aromatic nitrogens is 2. The predicted molar refractivity (Wildman–Crippen MR) is 122 cm³/mol. The van der Waals surface area contributed by atoms with Crippen molar-refractivity contribution in [1.82, 2.24) is 23.8 Å². The standard InChI is InChI=1S/C22H31N5O6S/c1-16-21(17(2)33-23-16)34(30,31)26-13-11-25(12-14-26)20(28)15-24-9-6-18(7-10-24)27-8-4-5-19(27)22(29)32-3/h4-5,8,18H,6-7,9-15H2,1-3H3. The van der Waals surface area contributed by atoms with Gasteiger partial charge in [-0.25, -0.2) is 13.2 Å². The zero-order valence-electron chi connectivity index (χ0n) is 19.8. The number of carbonyl (C=O) groups excluding carboxylic acids is 2. The number of nitrogens with zero attached hydrogens (tertiary/aromatic N) is 5. The second-order valence-corrected chi connectivity index (χ2v) is 10.6. The van der Waals surface area contributed by atoms with Crippen LogP contribution in [-0.4, -0.2) is 97.0 Å². The van der Waals surface area contributed by atoms with E-state index in [2.05, 4.69) is 10.1 Å². The van der Waals surface area contributed by atoms with Crippen molar-refractivity contribution in [2.75, 3.05) is 52.9 Å². The molecule has 0 atom stereocenters. The lowest BCUT2D eigenvalue weighted by atomic mass is 10.0. The molecule has 0 bridgehead atoms. The van der Waals surface area contributed by atoms with E-state index >= 15 is 0 Å². The number of ether oxygens (including phenoxy) is 1. The largest absolute Gasteiger partial charge is 0.464 e. The fourth-order valence-electron chi connectivity index (χ4n) is 4.79. The average molecular weight is 494 g/mol. The van der Waals surface area contributed by atoms with E-state index in [0.717, 1.165) is 25.9 Å². The van der Waals surface area contributed by atoms with Gasteiger partial charge in [0.25, 0.3) is 0 Å². The molecule has 4 rings (SSSR count). The number of aryl methyl sites for hydroxylation is 2. The third-order valence-electron chi connectivity index (χ3n) is 6.64. The first-order valence-electron chi connectivity index (χ1n) is 11.4. The normalized spacial score (nSPS) is 18.9. The second-order valence-electron chi connectivity index (χ2n) is 8.74. The Bertz CT molecular complexity index is 1120. The van der Waals surface area contributed by atoms with E-state index < -0.39 is 10.0 Å². The molecule has 2 aromatic heterocycles. The summed E-state index contributed by atoms with van der Waals surface area (Å²) < 4.78 is 39.2. The van der Waals surface area contributed by atoms with Crippen molar-refractivity contribution in [2.24, 2.45) is 0 Å². The summed E-state index contributed by atoms with van der Waals surface area (Å²) in [5.74, 6) is -0.0693. The van der Waals surface area contributed by atoms with Crippen LogP contribution < -0.4 is 0 Å². The minimum atomic E-state index is -3.70. The molecule has 12 heteroatoms. The molecule has 0 radical (unpaired) electrons. The van der Waals surface area contributed by atoms with Crippen molar-refractivity contribution in [1.29, 1.82) is 0 Å². The van der Waals surface area contributed by atoms with Crippen LogP contribution in [0.1, 0.15) is 40.8 Å². The summed E-state index contributed by atoms with van der Waals surface area (Å²) in [5.41, 5.74) is 0.888. The third-order valence-corrected chi connectivity index (χ3v) is 8.78. The number of carbonyl (C=O) groups is 2. The van der Waals surface area contributed by atoms with Crippen LogP contribution in [0.15, 0.2) is 27.7 Å². The van der Waals surface area contributed by atoms with E-state index in [1.807, 2.05) is 16.8 Å². The van der Waals surface area contributed by atoms with E-state index in [1.165, 1.54) is 11.4 Å². The fraction of sp³-hybridized carbons (Fsp3) is 0.591. The number of methoxy groups -OCH3 is 1. The quantitative estimate of drug-likeness (QED) is 0.548. The molecular formula is C22H31N5O6S. The molecule has 186 valence electrons. The van der Waals surface area contributed by atoms with Gasteiger partial charge in [0.15, 0.2) is 5.76 Å². The maximum absolute atomic E-state index is 13.0. The molecule has 11 nitrogen and oxygen atoms in total. The summed E-state index contributed by atoms with van der Waals surface area (Å²) in [7, 11) is -2.33. The van der Waals surface area contributed by atoms with Crippen molar-refractivity contribution in [3.05, 3.63) is 35.5 Å². The first kappa shape index (κ1) is 24.4. The molecule has 2 fully saturated rings. The highest BCUT2D eigenvalue weighted by Crippen LogP contribution is 2.26. The molecule has 1 amide bonds. The number of piperidine rings is 1. The van der Waals surface area contributed by atoms with Crippen LogP contribution in [0.5, 0.6) is 0 Å². The van der Waals surface area contributed by atoms with E-state index in [-0.39, 0.29) is 41.7 Å². The first-order chi connectivity index (χ1) is 16.2. The number of sulfonamides is 1. The van der Waals surface area contributed by atoms with Crippen molar-refractivity contribution < 1.29 is 27.3 Å². The van der Waals surface area contributed by atoms with Gasteiger partial charge in [-0.3, -0.25) is 9.69 Å². The Labute approximate surface area is 199 Å². The Morgan fingerprint density at radius 2 is 1.79 bits per heavy atom. The Hall–Kier alpha value is -2.70. The van der Waals surface area contributed by atoms with Crippen molar-refractivity contribution >= 4 is 21.9 Å². The lowest BCUT2D eigenvalue weighted by Gasteiger charge is -2.37. The van der Waals surface area contributed by atoms with Gasteiger partial charge in [-0.2, -0.15) is 4.31 Å². The summed E-state index contributed by atoms with van der Waals surface area (Å²) in [6, 6.07) is 3.79. The number of hydrogen-bond acceptors (Lipinski definition) is 8. The Morgan fingerprint density at radius 1 is 1.12 bits per heavy atom. The van der Waals surface area contributed by atoms with Crippen molar-refractivity contribution in [3.63, 3.8) is 0 Å². The summed E-state index contributed by atoms with van der Waals surface area (Å²) in [5, 5.41) is 3.75. The van der Waals surface area contributed by atoms with E-state index in [0.29, 0.717) is 31.0 Å². The van der Waals surface area contributed by atoms with Crippen LogP contribution in [-0.2, 0) is 19.6 Å². The van der Waals surface area contributed by atoms with Gasteiger partial charge in [-0.1, -0.05) is 5.16 Å². The van der Waals surface area contributed by atoms with Crippen LogP contribution in [0.4, 0.5) is 0 Å². The fourth-order valence-corrected chi connectivity index (χ4v) is 6.50. The van der Waals surface area contributed by atoms with Gasteiger partial charge in [0.05, 0.1) is 13.7 Å². The predicted octanol–water partition coefficient (Wildman–Crippen LogP) is 1.05. The molecule has 0 aliphatic carbocycles. The lowest BCUT2D eigenvalue weighted by molar-refractivity contribution is -0.133. The minimum Gasteiger partial charge on any atom is -0.464 e. The number of hydrogen-bond donors (Lipinski definition) is 0. The molecule has 2 aromatic rings. The van der Waals surface area contributed by atoms with Crippen molar-refractivity contribution in [3.8, 4) is 0 Å². The summed E-state index contributed by atoms with van der Waals surface area (Å²) in [6.07, 6.45) is 3.55. The number of amides is 1. The third kappa shape index (κ3) is 4.75.